The summed E-state index contributed by atoms with van der Waals surface area (Å²) in [7, 11) is 0. The molecule has 0 radical (unpaired) electrons. The fraction of sp³-hybridized carbons (Fsp3) is 0.444. The fourth-order valence-corrected chi connectivity index (χ4v) is 0.557. The summed E-state index contributed by atoms with van der Waals surface area (Å²) >= 11 is 0. The second kappa shape index (κ2) is 5.71. The molecule has 0 aliphatic heterocycles. The van der Waals surface area contributed by atoms with Gasteiger partial charge < -0.3 is 4.74 Å². The van der Waals surface area contributed by atoms with Gasteiger partial charge in [-0.15, -0.1) is 0 Å². The highest BCUT2D eigenvalue weighted by Crippen LogP contribution is 1.96. The number of ether oxygens (including phenoxy) is 1. The van der Waals surface area contributed by atoms with Gasteiger partial charge in [0.25, 0.3) is 0 Å². The average molecular weight is 154 g/mol. The van der Waals surface area contributed by atoms with Crippen LogP contribution in [0.5, 0.6) is 0 Å². The summed E-state index contributed by atoms with van der Waals surface area (Å²) in [6.07, 6.45) is 4.24. The lowest BCUT2D eigenvalue weighted by atomic mass is 10.3. The number of carbonyl (C=O) groups is 1. The minimum absolute atomic E-state index is 0.329. The maximum absolute atomic E-state index is 10.9. The molecule has 2 heteroatoms. The van der Waals surface area contributed by atoms with Gasteiger partial charge in [-0.3, -0.25) is 0 Å². The van der Waals surface area contributed by atoms with Crippen LogP contribution in [0, 0.1) is 0 Å². The van der Waals surface area contributed by atoms with Crippen LogP contribution in [-0.2, 0) is 9.53 Å². The van der Waals surface area contributed by atoms with Crippen molar-refractivity contribution in [2.24, 2.45) is 0 Å². The zero-order valence-electron chi connectivity index (χ0n) is 7.09. The Bertz CT molecular complexity index is 168. The highest BCUT2D eigenvalue weighted by atomic mass is 16.5. The Labute approximate surface area is 67.6 Å². The molecule has 0 saturated heterocycles. The quantitative estimate of drug-likeness (QED) is 0.352. The number of allylic oxidation sites excluding steroid dienone is 1. The van der Waals surface area contributed by atoms with Gasteiger partial charge in [0.05, 0.1) is 12.2 Å². The number of rotatable bonds is 4. The SMILES string of the molecule is C=C(C=CC)C(=O)OCCC. The lowest BCUT2D eigenvalue weighted by Crippen LogP contribution is -2.05. The third kappa shape index (κ3) is 4.37. The van der Waals surface area contributed by atoms with Crippen LogP contribution in [-0.4, -0.2) is 12.6 Å². The first-order chi connectivity index (χ1) is 5.22. The van der Waals surface area contributed by atoms with Gasteiger partial charge in [-0.1, -0.05) is 25.7 Å². The summed E-state index contributed by atoms with van der Waals surface area (Å²) in [4.78, 5) is 10.9. The van der Waals surface area contributed by atoms with Crippen molar-refractivity contribution >= 4 is 5.97 Å². The van der Waals surface area contributed by atoms with Crippen molar-refractivity contribution in [1.29, 1.82) is 0 Å². The summed E-state index contributed by atoms with van der Waals surface area (Å²) < 4.78 is 4.82. The topological polar surface area (TPSA) is 26.3 Å². The molecular weight excluding hydrogens is 140 g/mol. The van der Waals surface area contributed by atoms with E-state index in [1.54, 1.807) is 12.2 Å². The van der Waals surface area contributed by atoms with E-state index in [0.717, 1.165) is 6.42 Å². The highest BCUT2D eigenvalue weighted by Gasteiger charge is 2.02. The monoisotopic (exact) mass is 154 g/mol. The van der Waals surface area contributed by atoms with Gasteiger partial charge in [-0.05, 0) is 13.3 Å². The molecule has 0 saturated carbocycles. The van der Waals surface area contributed by atoms with E-state index in [1.165, 1.54) is 0 Å². The zero-order valence-corrected chi connectivity index (χ0v) is 7.09. The van der Waals surface area contributed by atoms with E-state index in [1.807, 2.05) is 13.8 Å². The predicted octanol–water partition coefficient (Wildman–Crippen LogP) is 2.07. The largest absolute Gasteiger partial charge is 0.462 e. The molecule has 0 N–H and O–H groups in total. The Balaban J connectivity index is 3.74. The van der Waals surface area contributed by atoms with Crippen LogP contribution in [0.15, 0.2) is 24.3 Å². The van der Waals surface area contributed by atoms with Crippen LogP contribution in [0.1, 0.15) is 20.3 Å². The zero-order chi connectivity index (χ0) is 8.69. The average Bonchev–Trinajstić information content (AvgIpc) is 2.00. The maximum Gasteiger partial charge on any atom is 0.337 e. The van der Waals surface area contributed by atoms with Gasteiger partial charge in [0.2, 0.25) is 0 Å². The number of hydrogen-bond donors (Lipinski definition) is 0. The van der Waals surface area contributed by atoms with Crippen molar-refractivity contribution in [3.63, 3.8) is 0 Å². The molecule has 0 rings (SSSR count). The molecule has 0 fully saturated rings. The number of carbonyl (C=O) groups excluding carboxylic acids is 1. The molecule has 0 aromatic heterocycles. The van der Waals surface area contributed by atoms with Gasteiger partial charge >= 0.3 is 5.97 Å². The molecular formula is C9H14O2. The van der Waals surface area contributed by atoms with E-state index in [0.29, 0.717) is 12.2 Å². The van der Waals surface area contributed by atoms with Crippen LogP contribution in [0.2, 0.25) is 0 Å². The summed E-state index contributed by atoms with van der Waals surface area (Å²) in [5.41, 5.74) is 0.404. The lowest BCUT2D eigenvalue weighted by molar-refractivity contribution is -0.138. The van der Waals surface area contributed by atoms with E-state index in [2.05, 4.69) is 6.58 Å². The summed E-state index contributed by atoms with van der Waals surface area (Å²) in [6, 6.07) is 0. The molecule has 11 heavy (non-hydrogen) atoms. The summed E-state index contributed by atoms with van der Waals surface area (Å²) in [5, 5.41) is 0. The van der Waals surface area contributed by atoms with Crippen LogP contribution in [0.25, 0.3) is 0 Å². The van der Waals surface area contributed by atoms with Crippen LogP contribution >= 0.6 is 0 Å². The normalized spacial score (nSPS) is 10.0. The number of hydrogen-bond acceptors (Lipinski definition) is 2. The number of esters is 1. The van der Waals surface area contributed by atoms with Crippen LogP contribution in [0.3, 0.4) is 0 Å². The Morgan fingerprint density at radius 3 is 2.73 bits per heavy atom. The second-order valence-electron chi connectivity index (χ2n) is 2.16. The van der Waals surface area contributed by atoms with Gasteiger partial charge in [0.15, 0.2) is 0 Å². The molecule has 0 aromatic rings. The maximum atomic E-state index is 10.9. The standard InChI is InChI=1S/C9H14O2/c1-4-6-8(3)9(10)11-7-5-2/h4,6H,3,5,7H2,1-2H3. The van der Waals surface area contributed by atoms with E-state index in [4.69, 9.17) is 4.74 Å². The molecule has 0 unspecified atom stereocenters. The molecule has 0 atom stereocenters. The van der Waals surface area contributed by atoms with Crippen LogP contribution in [0.4, 0.5) is 0 Å². The predicted molar refractivity (Wildman–Crippen MR) is 45.2 cm³/mol. The van der Waals surface area contributed by atoms with E-state index >= 15 is 0 Å². The first kappa shape index (κ1) is 9.95. The minimum atomic E-state index is -0.329. The van der Waals surface area contributed by atoms with Crippen molar-refractivity contribution in [3.8, 4) is 0 Å². The van der Waals surface area contributed by atoms with Gasteiger partial charge in [-0.2, -0.15) is 0 Å². The highest BCUT2D eigenvalue weighted by molar-refractivity contribution is 5.90. The molecule has 62 valence electrons. The lowest BCUT2D eigenvalue weighted by Gasteiger charge is -2.00. The van der Waals surface area contributed by atoms with E-state index in [-0.39, 0.29) is 5.97 Å². The Kier molecular flexibility index (Phi) is 5.17. The smallest absolute Gasteiger partial charge is 0.337 e. The first-order valence-corrected chi connectivity index (χ1v) is 3.71. The molecule has 0 spiro atoms. The third-order valence-corrected chi connectivity index (χ3v) is 1.07. The van der Waals surface area contributed by atoms with Gasteiger partial charge in [0.1, 0.15) is 0 Å². The van der Waals surface area contributed by atoms with Crippen molar-refractivity contribution in [1.82, 2.24) is 0 Å². The van der Waals surface area contributed by atoms with E-state index < -0.39 is 0 Å². The molecule has 2 nitrogen and oxygen atoms in total. The molecule has 0 bridgehead atoms. The van der Waals surface area contributed by atoms with Crippen molar-refractivity contribution < 1.29 is 9.53 Å². The fourth-order valence-electron chi connectivity index (χ4n) is 0.557. The molecule has 0 aliphatic carbocycles. The minimum Gasteiger partial charge on any atom is -0.462 e. The van der Waals surface area contributed by atoms with Crippen molar-refractivity contribution in [2.45, 2.75) is 20.3 Å². The molecule has 0 aromatic carbocycles. The molecule has 0 heterocycles. The van der Waals surface area contributed by atoms with Crippen LogP contribution < -0.4 is 0 Å². The van der Waals surface area contributed by atoms with E-state index in [9.17, 15) is 4.79 Å². The molecule has 0 aliphatic rings. The molecule has 0 amide bonds. The summed E-state index contributed by atoms with van der Waals surface area (Å²) in [5.74, 6) is -0.329. The van der Waals surface area contributed by atoms with Gasteiger partial charge in [0, 0.05) is 0 Å². The van der Waals surface area contributed by atoms with Crippen molar-refractivity contribution in [3.05, 3.63) is 24.3 Å². The Morgan fingerprint density at radius 2 is 2.27 bits per heavy atom. The first-order valence-electron chi connectivity index (χ1n) is 3.71. The second-order valence-corrected chi connectivity index (χ2v) is 2.16. The van der Waals surface area contributed by atoms with Crippen molar-refractivity contribution in [2.75, 3.05) is 6.61 Å². The summed E-state index contributed by atoms with van der Waals surface area (Å²) in [6.45, 7) is 7.79. The third-order valence-electron chi connectivity index (χ3n) is 1.07. The van der Waals surface area contributed by atoms with Gasteiger partial charge in [-0.25, -0.2) is 4.79 Å². The Morgan fingerprint density at radius 1 is 1.64 bits per heavy atom. The Hall–Kier alpha value is -1.05.